The third-order valence-electron chi connectivity index (χ3n) is 3.85. The molecule has 2 aromatic carbocycles. The SMILES string of the molecule is O=C1NC(=S)NC(=O)C1=Cc1ccc(Oc2ccc(C(F)(F)F)cc2[N+](=O)[O-])cc1. The number of hydrogen-bond acceptors (Lipinski definition) is 6. The minimum Gasteiger partial charge on any atom is -0.450 e. The van der Waals surface area contributed by atoms with Crippen LogP contribution in [0.15, 0.2) is 48.0 Å². The molecule has 1 aliphatic heterocycles. The minimum absolute atomic E-state index is 0.0960. The van der Waals surface area contributed by atoms with Crippen molar-refractivity contribution in [2.75, 3.05) is 0 Å². The largest absolute Gasteiger partial charge is 0.450 e. The third-order valence-corrected chi connectivity index (χ3v) is 4.05. The highest BCUT2D eigenvalue weighted by Gasteiger charge is 2.33. The van der Waals surface area contributed by atoms with E-state index in [9.17, 15) is 32.9 Å². The standard InChI is InChI=1S/C18H10F3N3O5S/c19-18(20,21)10-3-6-14(13(8-10)24(27)28)29-11-4-1-9(2-5-11)7-12-15(25)22-17(30)23-16(12)26/h1-8H,(H2,22,23,25,26,30). The average molecular weight is 437 g/mol. The zero-order valence-corrected chi connectivity index (χ0v) is 15.5. The molecule has 0 atom stereocenters. The van der Waals surface area contributed by atoms with Crippen molar-refractivity contribution in [3.63, 3.8) is 0 Å². The van der Waals surface area contributed by atoms with Gasteiger partial charge < -0.3 is 4.74 Å². The lowest BCUT2D eigenvalue weighted by atomic mass is 10.1. The van der Waals surface area contributed by atoms with Crippen LogP contribution >= 0.6 is 12.2 Å². The molecular weight excluding hydrogens is 427 g/mol. The Morgan fingerprint density at radius 2 is 1.63 bits per heavy atom. The van der Waals surface area contributed by atoms with Crippen LogP contribution in [0.25, 0.3) is 6.08 Å². The fraction of sp³-hybridized carbons (Fsp3) is 0.0556. The van der Waals surface area contributed by atoms with Gasteiger partial charge in [-0.2, -0.15) is 13.2 Å². The van der Waals surface area contributed by atoms with Crippen LogP contribution in [-0.2, 0) is 15.8 Å². The van der Waals surface area contributed by atoms with Crippen molar-refractivity contribution in [3.05, 3.63) is 69.3 Å². The molecule has 0 saturated carbocycles. The topological polar surface area (TPSA) is 111 Å². The second kappa shape index (κ2) is 7.91. The maximum Gasteiger partial charge on any atom is 0.416 e. The van der Waals surface area contributed by atoms with Crippen LogP contribution in [0.1, 0.15) is 11.1 Å². The summed E-state index contributed by atoms with van der Waals surface area (Å²) in [6.45, 7) is 0. The van der Waals surface area contributed by atoms with Crippen LogP contribution in [0.4, 0.5) is 18.9 Å². The summed E-state index contributed by atoms with van der Waals surface area (Å²) in [4.78, 5) is 33.8. The van der Waals surface area contributed by atoms with Gasteiger partial charge in [0.2, 0.25) is 5.75 Å². The Bertz CT molecular complexity index is 1080. The summed E-state index contributed by atoms with van der Waals surface area (Å²) in [5, 5.41) is 15.6. The second-order valence-electron chi connectivity index (χ2n) is 5.90. The number of benzene rings is 2. The van der Waals surface area contributed by atoms with E-state index in [1.54, 1.807) is 0 Å². The molecule has 1 aliphatic rings. The molecular formula is C18H10F3N3O5S. The molecule has 0 unspecified atom stereocenters. The van der Waals surface area contributed by atoms with Crippen LogP contribution in [0.3, 0.4) is 0 Å². The van der Waals surface area contributed by atoms with Crippen molar-refractivity contribution in [3.8, 4) is 11.5 Å². The van der Waals surface area contributed by atoms with E-state index in [1.807, 2.05) is 0 Å². The van der Waals surface area contributed by atoms with Crippen molar-refractivity contribution in [1.29, 1.82) is 0 Å². The van der Waals surface area contributed by atoms with Gasteiger partial charge in [0.1, 0.15) is 11.3 Å². The molecule has 2 aromatic rings. The first-order chi connectivity index (χ1) is 14.0. The number of rotatable bonds is 4. The summed E-state index contributed by atoms with van der Waals surface area (Å²) in [6, 6.07) is 7.56. The van der Waals surface area contributed by atoms with Crippen LogP contribution in [0.2, 0.25) is 0 Å². The molecule has 30 heavy (non-hydrogen) atoms. The lowest BCUT2D eigenvalue weighted by Gasteiger charge is -2.16. The van der Waals surface area contributed by atoms with Crippen LogP contribution in [0, 0.1) is 10.1 Å². The Kier molecular flexibility index (Phi) is 5.52. The summed E-state index contributed by atoms with van der Waals surface area (Å²) in [5.41, 5.74) is -1.78. The number of nitrogens with one attached hydrogen (secondary N) is 2. The van der Waals surface area contributed by atoms with Crippen molar-refractivity contribution in [2.24, 2.45) is 0 Å². The first kappa shape index (κ1) is 20.9. The number of hydrogen-bond donors (Lipinski definition) is 2. The molecule has 154 valence electrons. The normalized spacial score (nSPS) is 14.1. The number of halogens is 3. The highest BCUT2D eigenvalue weighted by molar-refractivity contribution is 7.80. The van der Waals surface area contributed by atoms with E-state index in [0.29, 0.717) is 17.7 Å². The van der Waals surface area contributed by atoms with Gasteiger partial charge in [-0.15, -0.1) is 0 Å². The van der Waals surface area contributed by atoms with Gasteiger partial charge in [0.25, 0.3) is 11.8 Å². The lowest BCUT2D eigenvalue weighted by molar-refractivity contribution is -0.385. The van der Waals surface area contributed by atoms with E-state index in [0.717, 1.165) is 6.07 Å². The van der Waals surface area contributed by atoms with Gasteiger partial charge in [-0.3, -0.25) is 30.3 Å². The maximum atomic E-state index is 12.8. The molecule has 0 spiro atoms. The van der Waals surface area contributed by atoms with Crippen LogP contribution < -0.4 is 15.4 Å². The van der Waals surface area contributed by atoms with Gasteiger partial charge in [0.05, 0.1) is 10.5 Å². The van der Waals surface area contributed by atoms with E-state index >= 15 is 0 Å². The smallest absolute Gasteiger partial charge is 0.416 e. The number of carbonyl (C=O) groups is 2. The predicted molar refractivity (Wildman–Crippen MR) is 101 cm³/mol. The average Bonchev–Trinajstić information content (AvgIpc) is 2.65. The lowest BCUT2D eigenvalue weighted by Crippen LogP contribution is -2.51. The monoisotopic (exact) mass is 437 g/mol. The molecule has 0 radical (unpaired) electrons. The van der Waals surface area contributed by atoms with Crippen LogP contribution in [-0.4, -0.2) is 21.9 Å². The van der Waals surface area contributed by atoms with Crippen molar-refractivity contribution < 1.29 is 32.4 Å². The highest BCUT2D eigenvalue weighted by atomic mass is 32.1. The Morgan fingerprint density at radius 1 is 1.03 bits per heavy atom. The molecule has 12 heteroatoms. The molecule has 0 aliphatic carbocycles. The van der Waals surface area contributed by atoms with Gasteiger partial charge >= 0.3 is 11.9 Å². The number of nitro benzene ring substituents is 1. The fourth-order valence-electron chi connectivity index (χ4n) is 2.45. The Labute approximate surface area is 171 Å². The first-order valence-electron chi connectivity index (χ1n) is 8.06. The summed E-state index contributed by atoms with van der Waals surface area (Å²) in [6.07, 6.45) is -3.45. The molecule has 2 N–H and O–H groups in total. The molecule has 2 amide bonds. The number of thiocarbonyl (C=S) groups is 1. The maximum absolute atomic E-state index is 12.8. The summed E-state index contributed by atoms with van der Waals surface area (Å²) >= 11 is 4.70. The van der Waals surface area contributed by atoms with E-state index in [1.165, 1.54) is 30.3 Å². The van der Waals surface area contributed by atoms with E-state index in [4.69, 9.17) is 17.0 Å². The number of carbonyl (C=O) groups excluding carboxylic acids is 2. The minimum atomic E-state index is -4.74. The predicted octanol–water partition coefficient (Wildman–Crippen LogP) is 3.32. The quantitative estimate of drug-likeness (QED) is 0.250. The van der Waals surface area contributed by atoms with Crippen molar-refractivity contribution in [2.45, 2.75) is 6.18 Å². The third kappa shape index (κ3) is 4.60. The summed E-state index contributed by atoms with van der Waals surface area (Å²) < 4.78 is 43.6. The molecule has 1 heterocycles. The number of ether oxygens (including phenoxy) is 1. The second-order valence-corrected chi connectivity index (χ2v) is 6.31. The molecule has 8 nitrogen and oxygen atoms in total. The number of nitro groups is 1. The molecule has 3 rings (SSSR count). The van der Waals surface area contributed by atoms with E-state index in [2.05, 4.69) is 10.6 Å². The van der Waals surface area contributed by atoms with Crippen molar-refractivity contribution >= 4 is 40.9 Å². The molecule has 0 bridgehead atoms. The number of alkyl halides is 3. The fourth-order valence-corrected chi connectivity index (χ4v) is 2.64. The molecule has 1 fully saturated rings. The van der Waals surface area contributed by atoms with E-state index in [-0.39, 0.29) is 22.2 Å². The number of nitrogens with zero attached hydrogens (tertiary/aromatic N) is 1. The zero-order chi connectivity index (χ0) is 22.1. The Hall–Kier alpha value is -3.80. The molecule has 0 aromatic heterocycles. The Morgan fingerprint density at radius 3 is 2.17 bits per heavy atom. The highest BCUT2D eigenvalue weighted by Crippen LogP contribution is 2.37. The first-order valence-corrected chi connectivity index (χ1v) is 8.47. The van der Waals surface area contributed by atoms with Gasteiger partial charge in [0.15, 0.2) is 5.11 Å². The van der Waals surface area contributed by atoms with Gasteiger partial charge in [0, 0.05) is 6.07 Å². The van der Waals surface area contributed by atoms with E-state index < -0.39 is 34.2 Å². The number of amides is 2. The summed E-state index contributed by atoms with van der Waals surface area (Å²) in [7, 11) is 0. The van der Waals surface area contributed by atoms with Crippen LogP contribution in [0.5, 0.6) is 11.5 Å². The molecule has 1 saturated heterocycles. The Balaban J connectivity index is 1.83. The summed E-state index contributed by atoms with van der Waals surface area (Å²) in [5.74, 6) is -1.63. The van der Waals surface area contributed by atoms with Gasteiger partial charge in [-0.1, -0.05) is 12.1 Å². The zero-order valence-electron chi connectivity index (χ0n) is 14.6. The van der Waals surface area contributed by atoms with Gasteiger partial charge in [-0.25, -0.2) is 0 Å². The van der Waals surface area contributed by atoms with Crippen molar-refractivity contribution in [1.82, 2.24) is 10.6 Å². The van der Waals surface area contributed by atoms with Gasteiger partial charge in [-0.05, 0) is 48.1 Å².